The molecule has 0 aliphatic carbocycles. The second kappa shape index (κ2) is 5.66. The van der Waals surface area contributed by atoms with Gasteiger partial charge in [-0.15, -0.1) is 10.2 Å². The lowest BCUT2D eigenvalue weighted by molar-refractivity contribution is 0.102. The number of nitrogens with zero attached hydrogens (tertiary/aromatic N) is 3. The van der Waals surface area contributed by atoms with E-state index in [2.05, 4.69) is 31.0 Å². The largest absolute Gasteiger partial charge is 0.336 e. The van der Waals surface area contributed by atoms with E-state index in [-0.39, 0.29) is 11.2 Å². The highest BCUT2D eigenvalue weighted by Gasteiger charge is 2.15. The maximum absolute atomic E-state index is 12.1. The lowest BCUT2D eigenvalue weighted by atomic mass is 9.86. The van der Waals surface area contributed by atoms with Crippen LogP contribution >= 0.6 is 11.8 Å². The van der Waals surface area contributed by atoms with E-state index in [0.29, 0.717) is 16.5 Å². The normalized spacial score (nSPS) is 11.6. The fourth-order valence-corrected chi connectivity index (χ4v) is 2.43. The first-order valence-corrected chi connectivity index (χ1v) is 7.28. The maximum Gasteiger partial charge on any atom is 0.209 e. The summed E-state index contributed by atoms with van der Waals surface area (Å²) in [6.45, 7) is 6.44. The fraction of sp³-hybridized carbons (Fsp3) is 0.357. The van der Waals surface area contributed by atoms with Crippen LogP contribution in [-0.4, -0.2) is 26.4 Å². The quantitative estimate of drug-likeness (QED) is 0.531. The number of thioether (sulfide) groups is 1. The lowest BCUT2D eigenvalue weighted by Gasteiger charge is -2.18. The van der Waals surface area contributed by atoms with Crippen LogP contribution in [0.4, 0.5) is 0 Å². The summed E-state index contributed by atoms with van der Waals surface area (Å²) in [6.07, 6.45) is 1.41. The van der Waals surface area contributed by atoms with Crippen LogP contribution in [0.15, 0.2) is 35.7 Å². The van der Waals surface area contributed by atoms with Crippen molar-refractivity contribution in [3.63, 3.8) is 0 Å². The van der Waals surface area contributed by atoms with Gasteiger partial charge in [-0.3, -0.25) is 4.79 Å². The predicted octanol–water partition coefficient (Wildman–Crippen LogP) is 2.26. The van der Waals surface area contributed by atoms with Crippen LogP contribution in [0.3, 0.4) is 0 Å². The van der Waals surface area contributed by atoms with Crippen molar-refractivity contribution in [2.75, 3.05) is 11.6 Å². The molecule has 1 aromatic heterocycles. The zero-order valence-electron chi connectivity index (χ0n) is 11.8. The fourth-order valence-electron chi connectivity index (χ4n) is 1.70. The SMILES string of the molecule is CC(C)(C)c1ccc(C(=O)CSc2nncn2N)cc1. The lowest BCUT2D eigenvalue weighted by Crippen LogP contribution is -2.12. The van der Waals surface area contributed by atoms with Gasteiger partial charge in [0.15, 0.2) is 5.78 Å². The molecule has 0 radical (unpaired) electrons. The van der Waals surface area contributed by atoms with Crippen LogP contribution in [0.1, 0.15) is 36.7 Å². The molecule has 2 aromatic rings. The number of benzene rings is 1. The molecular weight excluding hydrogens is 272 g/mol. The van der Waals surface area contributed by atoms with Gasteiger partial charge in [0.25, 0.3) is 0 Å². The van der Waals surface area contributed by atoms with Crippen molar-refractivity contribution >= 4 is 17.5 Å². The Morgan fingerprint density at radius 1 is 1.30 bits per heavy atom. The van der Waals surface area contributed by atoms with E-state index in [1.54, 1.807) is 0 Å². The standard InChI is InChI=1S/C14H18N4OS/c1-14(2,3)11-6-4-10(5-7-11)12(19)8-20-13-17-16-9-18(13)15/h4-7,9H,8,15H2,1-3H3. The molecular formula is C14H18N4OS. The molecule has 106 valence electrons. The average molecular weight is 290 g/mol. The van der Waals surface area contributed by atoms with Gasteiger partial charge in [-0.05, 0) is 11.0 Å². The van der Waals surface area contributed by atoms with Gasteiger partial charge < -0.3 is 5.84 Å². The summed E-state index contributed by atoms with van der Waals surface area (Å²) in [7, 11) is 0. The summed E-state index contributed by atoms with van der Waals surface area (Å²) in [5, 5.41) is 8.03. The molecule has 0 aliphatic rings. The van der Waals surface area contributed by atoms with Crippen LogP contribution in [0.5, 0.6) is 0 Å². The van der Waals surface area contributed by atoms with Crippen molar-refractivity contribution in [3.05, 3.63) is 41.7 Å². The number of nitrogens with two attached hydrogens (primary N) is 1. The van der Waals surface area contributed by atoms with Crippen LogP contribution in [0.2, 0.25) is 0 Å². The molecule has 0 atom stereocenters. The zero-order chi connectivity index (χ0) is 14.8. The molecule has 0 saturated carbocycles. The number of ketones is 1. The van der Waals surface area contributed by atoms with E-state index >= 15 is 0 Å². The highest BCUT2D eigenvalue weighted by molar-refractivity contribution is 7.99. The second-order valence-electron chi connectivity index (χ2n) is 5.56. The third-order valence-corrected chi connectivity index (χ3v) is 3.90. The summed E-state index contributed by atoms with van der Waals surface area (Å²) >= 11 is 1.28. The molecule has 1 aromatic carbocycles. The molecule has 0 unspecified atom stereocenters. The first-order chi connectivity index (χ1) is 9.38. The number of carbonyl (C=O) groups is 1. The van der Waals surface area contributed by atoms with Gasteiger partial charge in [-0.2, -0.15) is 0 Å². The van der Waals surface area contributed by atoms with Gasteiger partial charge in [0, 0.05) is 5.56 Å². The molecule has 5 nitrogen and oxygen atoms in total. The van der Waals surface area contributed by atoms with Crippen LogP contribution in [-0.2, 0) is 5.41 Å². The summed E-state index contributed by atoms with van der Waals surface area (Å²) < 4.78 is 1.31. The van der Waals surface area contributed by atoms with Crippen molar-refractivity contribution in [2.24, 2.45) is 0 Å². The van der Waals surface area contributed by atoms with Gasteiger partial charge >= 0.3 is 0 Å². The van der Waals surface area contributed by atoms with Crippen molar-refractivity contribution in [2.45, 2.75) is 31.3 Å². The topological polar surface area (TPSA) is 73.8 Å². The average Bonchev–Trinajstić information content (AvgIpc) is 2.81. The summed E-state index contributed by atoms with van der Waals surface area (Å²) in [6, 6.07) is 7.75. The Balaban J connectivity index is 2.01. The number of rotatable bonds is 4. The number of hydrogen-bond acceptors (Lipinski definition) is 5. The Bertz CT molecular complexity index is 598. The van der Waals surface area contributed by atoms with E-state index < -0.39 is 0 Å². The zero-order valence-corrected chi connectivity index (χ0v) is 12.6. The summed E-state index contributed by atoms with van der Waals surface area (Å²) in [5.41, 5.74) is 2.00. The smallest absolute Gasteiger partial charge is 0.209 e. The third-order valence-electron chi connectivity index (χ3n) is 2.95. The van der Waals surface area contributed by atoms with Crippen LogP contribution < -0.4 is 5.84 Å². The molecule has 1 heterocycles. The van der Waals surface area contributed by atoms with Crippen LogP contribution in [0, 0.1) is 0 Å². The van der Waals surface area contributed by atoms with Crippen molar-refractivity contribution in [1.82, 2.24) is 14.9 Å². The monoisotopic (exact) mass is 290 g/mol. The van der Waals surface area contributed by atoms with E-state index in [1.807, 2.05) is 24.3 Å². The summed E-state index contributed by atoms with van der Waals surface area (Å²) in [4.78, 5) is 12.1. The van der Waals surface area contributed by atoms with E-state index in [9.17, 15) is 4.79 Å². The van der Waals surface area contributed by atoms with Gasteiger partial charge in [0.2, 0.25) is 5.16 Å². The van der Waals surface area contributed by atoms with Gasteiger partial charge in [-0.25, -0.2) is 4.68 Å². The number of nitrogen functional groups attached to an aromatic ring is 1. The highest BCUT2D eigenvalue weighted by atomic mass is 32.2. The predicted molar refractivity (Wildman–Crippen MR) is 80.4 cm³/mol. The molecule has 0 aliphatic heterocycles. The second-order valence-corrected chi connectivity index (χ2v) is 6.50. The van der Waals surface area contributed by atoms with Gasteiger partial charge in [0.05, 0.1) is 5.75 Å². The van der Waals surface area contributed by atoms with Gasteiger partial charge in [0.1, 0.15) is 6.33 Å². The first-order valence-electron chi connectivity index (χ1n) is 6.29. The molecule has 0 saturated heterocycles. The molecule has 2 N–H and O–H groups in total. The van der Waals surface area contributed by atoms with E-state index in [1.165, 1.54) is 28.3 Å². The highest BCUT2D eigenvalue weighted by Crippen LogP contribution is 2.23. The minimum absolute atomic E-state index is 0.0541. The van der Waals surface area contributed by atoms with Crippen molar-refractivity contribution < 1.29 is 4.79 Å². The van der Waals surface area contributed by atoms with Crippen LogP contribution in [0.25, 0.3) is 0 Å². The minimum atomic E-state index is 0.0541. The Hall–Kier alpha value is -1.82. The molecule has 20 heavy (non-hydrogen) atoms. The maximum atomic E-state index is 12.1. The number of carbonyl (C=O) groups excluding carboxylic acids is 1. The number of aromatic nitrogens is 3. The molecule has 0 spiro atoms. The Morgan fingerprint density at radius 2 is 1.95 bits per heavy atom. The molecule has 2 rings (SSSR count). The minimum Gasteiger partial charge on any atom is -0.336 e. The Morgan fingerprint density at radius 3 is 2.45 bits per heavy atom. The number of hydrogen-bond donors (Lipinski definition) is 1. The molecule has 0 bridgehead atoms. The Kier molecular flexibility index (Phi) is 4.13. The number of Topliss-reactive ketones (excluding diaryl/α,β-unsaturated/α-hetero) is 1. The molecule has 0 amide bonds. The van der Waals surface area contributed by atoms with Crippen molar-refractivity contribution in [1.29, 1.82) is 0 Å². The third kappa shape index (κ3) is 3.39. The molecule has 0 fully saturated rings. The Labute approximate surface area is 122 Å². The molecule has 6 heteroatoms. The van der Waals surface area contributed by atoms with E-state index in [0.717, 1.165) is 0 Å². The van der Waals surface area contributed by atoms with E-state index in [4.69, 9.17) is 5.84 Å². The van der Waals surface area contributed by atoms with Gasteiger partial charge in [-0.1, -0.05) is 56.8 Å². The summed E-state index contributed by atoms with van der Waals surface area (Å²) in [5.74, 6) is 5.94. The van der Waals surface area contributed by atoms with Crippen molar-refractivity contribution in [3.8, 4) is 0 Å². The first kappa shape index (κ1) is 14.6.